The van der Waals surface area contributed by atoms with Crippen LogP contribution in [0.1, 0.15) is 63.0 Å². The summed E-state index contributed by atoms with van der Waals surface area (Å²) in [5.41, 5.74) is 16.8. The van der Waals surface area contributed by atoms with Crippen LogP contribution in [-0.4, -0.2) is 4.57 Å². The van der Waals surface area contributed by atoms with Crippen molar-refractivity contribution in [1.82, 2.24) is 4.57 Å². The Morgan fingerprint density at radius 1 is 0.524 bits per heavy atom. The molecule has 0 radical (unpaired) electrons. The molecular formula is C60H55N3. The van der Waals surface area contributed by atoms with Gasteiger partial charge in [0.2, 0.25) is 0 Å². The number of anilines is 6. The van der Waals surface area contributed by atoms with Crippen molar-refractivity contribution < 1.29 is 0 Å². The Balaban J connectivity index is 1.10. The van der Waals surface area contributed by atoms with Crippen LogP contribution in [0.5, 0.6) is 0 Å². The van der Waals surface area contributed by atoms with Crippen molar-refractivity contribution in [2.45, 2.75) is 58.3 Å². The first-order chi connectivity index (χ1) is 31.0. The summed E-state index contributed by atoms with van der Waals surface area (Å²) in [7, 11) is 0. The van der Waals surface area contributed by atoms with E-state index in [4.69, 9.17) is 0 Å². The van der Waals surface area contributed by atoms with Gasteiger partial charge in [0, 0.05) is 50.6 Å². The van der Waals surface area contributed by atoms with Gasteiger partial charge in [-0.3, -0.25) is 0 Å². The monoisotopic (exact) mass is 817 g/mol. The van der Waals surface area contributed by atoms with Gasteiger partial charge in [0.1, 0.15) is 0 Å². The number of rotatable bonds is 12. The van der Waals surface area contributed by atoms with E-state index in [0.29, 0.717) is 5.92 Å². The lowest BCUT2D eigenvalue weighted by molar-refractivity contribution is 0.394. The van der Waals surface area contributed by atoms with Gasteiger partial charge >= 0.3 is 0 Å². The number of fused-ring (bicyclic) bond motifs is 3. The highest BCUT2D eigenvalue weighted by molar-refractivity contribution is 6.10. The second-order valence-corrected chi connectivity index (χ2v) is 17.7. The summed E-state index contributed by atoms with van der Waals surface area (Å²) in [4.78, 5) is 4.88. The van der Waals surface area contributed by atoms with E-state index in [1.807, 2.05) is 0 Å². The van der Waals surface area contributed by atoms with Crippen molar-refractivity contribution >= 4 is 55.9 Å². The zero-order valence-corrected chi connectivity index (χ0v) is 36.5. The number of benzene rings is 8. The van der Waals surface area contributed by atoms with Crippen LogP contribution in [0.2, 0.25) is 0 Å². The number of allylic oxidation sites excluding steroid dienone is 1. The molecule has 1 aliphatic carbocycles. The average molecular weight is 818 g/mol. The standard InChI is InChI=1S/C60H55N3/c1-43(2)49-39-55(61(53-34-30-48(31-35-53)47-18-7-4-8-19-47)52-32-28-45(29-33-52)26-27-46-17-15-16-44(3)38-46)41-56(40-49)62(50-20-9-5-10-21-50)54-36-37-60-58(42-54)57-24-13-14-25-59(57)63(60)51-22-11-6-12-23-51/h4-14,18-25,28-37,39-43,46H,3,15-17,26-27,38H2,1-2H3. The Morgan fingerprint density at radius 3 is 1.76 bits per heavy atom. The lowest BCUT2D eigenvalue weighted by Gasteiger charge is -2.31. The molecule has 8 aromatic carbocycles. The van der Waals surface area contributed by atoms with E-state index in [0.717, 1.165) is 52.2 Å². The molecule has 9 aromatic rings. The van der Waals surface area contributed by atoms with Crippen molar-refractivity contribution in [3.63, 3.8) is 0 Å². The number of aryl methyl sites for hydroxylation is 1. The number of hydrogen-bond acceptors (Lipinski definition) is 2. The van der Waals surface area contributed by atoms with Crippen molar-refractivity contribution in [2.75, 3.05) is 9.80 Å². The van der Waals surface area contributed by atoms with E-state index in [2.05, 4.69) is 235 Å². The summed E-state index contributed by atoms with van der Waals surface area (Å²) in [6.07, 6.45) is 7.31. The van der Waals surface area contributed by atoms with Gasteiger partial charge in [-0.2, -0.15) is 0 Å². The van der Waals surface area contributed by atoms with Crippen LogP contribution in [0.3, 0.4) is 0 Å². The molecule has 0 saturated heterocycles. The van der Waals surface area contributed by atoms with E-state index in [9.17, 15) is 0 Å². The van der Waals surface area contributed by atoms with E-state index in [1.165, 1.54) is 81.7 Å². The van der Waals surface area contributed by atoms with Gasteiger partial charge in [0.25, 0.3) is 0 Å². The highest BCUT2D eigenvalue weighted by Crippen LogP contribution is 2.44. The molecule has 1 atom stereocenters. The first kappa shape index (κ1) is 40.0. The first-order valence-corrected chi connectivity index (χ1v) is 22.8. The van der Waals surface area contributed by atoms with Gasteiger partial charge < -0.3 is 14.4 Å². The third kappa shape index (κ3) is 8.32. The predicted molar refractivity (Wildman–Crippen MR) is 269 cm³/mol. The number of hydrogen-bond donors (Lipinski definition) is 0. The summed E-state index contributed by atoms with van der Waals surface area (Å²) in [6, 6.07) is 73.5. The molecule has 0 spiro atoms. The van der Waals surface area contributed by atoms with Crippen molar-refractivity contribution in [2.24, 2.45) is 5.92 Å². The fourth-order valence-electron chi connectivity index (χ4n) is 9.75. The maximum atomic E-state index is 4.32. The lowest BCUT2D eigenvalue weighted by Crippen LogP contribution is -2.14. The van der Waals surface area contributed by atoms with Crippen LogP contribution >= 0.6 is 0 Å². The lowest BCUT2D eigenvalue weighted by atomic mass is 9.83. The molecule has 1 fully saturated rings. The molecule has 10 rings (SSSR count). The molecule has 63 heavy (non-hydrogen) atoms. The smallest absolute Gasteiger partial charge is 0.0542 e. The van der Waals surface area contributed by atoms with Crippen LogP contribution in [0, 0.1) is 5.92 Å². The SMILES string of the molecule is C=C1CCCC(CCc2ccc(N(c3ccc(-c4ccccc4)cc3)c3cc(C(C)C)cc(N(c4ccccc4)c4ccc5c(c4)c4ccccc4n5-c4ccccc4)c3)cc2)C1. The molecule has 1 aromatic heterocycles. The summed E-state index contributed by atoms with van der Waals surface area (Å²) in [5, 5.41) is 2.46. The number of para-hydroxylation sites is 3. The minimum atomic E-state index is 0.299. The van der Waals surface area contributed by atoms with Gasteiger partial charge in [-0.05, 0) is 164 Å². The van der Waals surface area contributed by atoms with E-state index >= 15 is 0 Å². The third-order valence-electron chi connectivity index (χ3n) is 13.0. The number of nitrogens with zero attached hydrogens (tertiary/aromatic N) is 3. The van der Waals surface area contributed by atoms with Crippen molar-refractivity contribution in [3.05, 3.63) is 223 Å². The summed E-state index contributed by atoms with van der Waals surface area (Å²) in [6.45, 7) is 8.93. The van der Waals surface area contributed by atoms with Gasteiger partial charge in [0.05, 0.1) is 11.0 Å². The summed E-state index contributed by atoms with van der Waals surface area (Å²) >= 11 is 0. The molecule has 1 heterocycles. The fourth-order valence-corrected chi connectivity index (χ4v) is 9.75. The Bertz CT molecular complexity index is 2980. The van der Waals surface area contributed by atoms with Crippen LogP contribution < -0.4 is 9.80 Å². The average Bonchev–Trinajstić information content (AvgIpc) is 3.66. The zero-order valence-electron chi connectivity index (χ0n) is 36.5. The Hall–Kier alpha value is -7.10. The predicted octanol–water partition coefficient (Wildman–Crippen LogP) is 17.2. The molecule has 0 bridgehead atoms. The molecule has 1 saturated carbocycles. The normalized spacial score (nSPS) is 14.1. The van der Waals surface area contributed by atoms with Gasteiger partial charge in [-0.15, -0.1) is 0 Å². The third-order valence-corrected chi connectivity index (χ3v) is 13.0. The fraction of sp³-hybridized carbons (Fsp3) is 0.167. The maximum absolute atomic E-state index is 4.32. The zero-order chi connectivity index (χ0) is 42.7. The van der Waals surface area contributed by atoms with E-state index in [1.54, 1.807) is 0 Å². The van der Waals surface area contributed by atoms with Gasteiger partial charge in [-0.1, -0.05) is 135 Å². The van der Waals surface area contributed by atoms with Gasteiger partial charge in [0.15, 0.2) is 0 Å². The molecule has 1 unspecified atom stereocenters. The van der Waals surface area contributed by atoms with Crippen molar-refractivity contribution in [1.29, 1.82) is 0 Å². The minimum Gasteiger partial charge on any atom is -0.310 e. The summed E-state index contributed by atoms with van der Waals surface area (Å²) < 4.78 is 2.39. The first-order valence-electron chi connectivity index (χ1n) is 22.8. The van der Waals surface area contributed by atoms with Crippen LogP contribution in [-0.2, 0) is 6.42 Å². The second kappa shape index (κ2) is 17.7. The Labute approximate surface area is 373 Å². The molecule has 0 N–H and O–H groups in total. The molecule has 310 valence electrons. The van der Waals surface area contributed by atoms with Crippen LogP contribution in [0.4, 0.5) is 34.1 Å². The molecule has 0 aliphatic heterocycles. The molecule has 1 aliphatic rings. The number of aromatic nitrogens is 1. The Kier molecular flexibility index (Phi) is 11.2. The van der Waals surface area contributed by atoms with E-state index in [-0.39, 0.29) is 0 Å². The highest BCUT2D eigenvalue weighted by atomic mass is 15.2. The van der Waals surface area contributed by atoms with Crippen LogP contribution in [0.25, 0.3) is 38.6 Å². The molecular weight excluding hydrogens is 763 g/mol. The Morgan fingerprint density at radius 2 is 1.08 bits per heavy atom. The minimum absolute atomic E-state index is 0.299. The van der Waals surface area contributed by atoms with Gasteiger partial charge in [-0.25, -0.2) is 0 Å². The molecule has 3 heteroatoms. The quantitative estimate of drug-likeness (QED) is 0.114. The van der Waals surface area contributed by atoms with Crippen LogP contribution in [0.15, 0.2) is 212 Å². The maximum Gasteiger partial charge on any atom is 0.0542 e. The highest BCUT2D eigenvalue weighted by Gasteiger charge is 2.22. The van der Waals surface area contributed by atoms with E-state index < -0.39 is 0 Å². The largest absolute Gasteiger partial charge is 0.310 e. The summed E-state index contributed by atoms with van der Waals surface area (Å²) in [5.74, 6) is 1.05. The molecule has 3 nitrogen and oxygen atoms in total. The second-order valence-electron chi connectivity index (χ2n) is 17.7. The molecule has 0 amide bonds. The topological polar surface area (TPSA) is 11.4 Å². The van der Waals surface area contributed by atoms with Crippen molar-refractivity contribution in [3.8, 4) is 16.8 Å².